The van der Waals surface area contributed by atoms with Gasteiger partial charge in [0.1, 0.15) is 0 Å². The van der Waals surface area contributed by atoms with Gasteiger partial charge in [-0.1, -0.05) is 44.1 Å². The molecule has 2 atom stereocenters. The minimum atomic E-state index is -4.87. The van der Waals surface area contributed by atoms with Crippen molar-refractivity contribution in [3.8, 4) is 0 Å². The van der Waals surface area contributed by atoms with Crippen LogP contribution in [0.25, 0.3) is 0 Å². The normalized spacial score (nSPS) is 28.0. The van der Waals surface area contributed by atoms with Crippen LogP contribution in [0.4, 0.5) is 26.3 Å². The highest BCUT2D eigenvalue weighted by atomic mass is 19.4. The number of ether oxygens (including phenoxy) is 1. The third-order valence-electron chi connectivity index (χ3n) is 6.74. The highest BCUT2D eigenvalue weighted by Crippen LogP contribution is 2.48. The first kappa shape index (κ1) is 23.9. The molecule has 2 aliphatic rings. The van der Waals surface area contributed by atoms with E-state index in [2.05, 4.69) is 19.1 Å². The fraction of sp³-hybridized carbons (Fsp3) is 0.583. The Labute approximate surface area is 179 Å². The van der Waals surface area contributed by atoms with Crippen molar-refractivity contribution in [1.82, 2.24) is 0 Å². The van der Waals surface area contributed by atoms with E-state index in [0.29, 0.717) is 12.5 Å². The first-order valence-electron chi connectivity index (χ1n) is 10.6. The van der Waals surface area contributed by atoms with Crippen LogP contribution in [0.15, 0.2) is 42.5 Å². The average Bonchev–Trinajstić information content (AvgIpc) is 2.72. The van der Waals surface area contributed by atoms with E-state index >= 15 is 0 Å². The lowest BCUT2D eigenvalue weighted by Crippen LogP contribution is -2.38. The molecule has 1 fully saturated rings. The SMILES string of the molecule is CC1CCC(COC(C)c2cc(C(F)(F)F)cc(C(F)(F)F)c2)(C2C=CC=CC2)CC1. The lowest BCUT2D eigenvalue weighted by Gasteiger charge is -2.45. The third-order valence-corrected chi connectivity index (χ3v) is 6.74. The number of allylic oxidation sites excluding steroid dienone is 4. The summed E-state index contributed by atoms with van der Waals surface area (Å²) in [6.07, 6.45) is 2.41. The van der Waals surface area contributed by atoms with E-state index in [1.807, 2.05) is 12.2 Å². The molecule has 2 aliphatic carbocycles. The van der Waals surface area contributed by atoms with Crippen molar-refractivity contribution in [2.75, 3.05) is 6.61 Å². The maximum absolute atomic E-state index is 13.2. The summed E-state index contributed by atoms with van der Waals surface area (Å²) >= 11 is 0. The molecule has 0 heterocycles. The summed E-state index contributed by atoms with van der Waals surface area (Å²) in [5, 5.41) is 0. The second-order valence-electron chi connectivity index (χ2n) is 8.99. The molecule has 7 heteroatoms. The van der Waals surface area contributed by atoms with Crippen molar-refractivity contribution in [3.05, 3.63) is 59.2 Å². The highest BCUT2D eigenvalue weighted by Gasteiger charge is 2.41. The van der Waals surface area contributed by atoms with E-state index < -0.39 is 29.6 Å². The van der Waals surface area contributed by atoms with Gasteiger partial charge in [0.05, 0.1) is 23.8 Å². The van der Waals surface area contributed by atoms with Crippen LogP contribution < -0.4 is 0 Å². The Morgan fingerprint density at radius 3 is 2.03 bits per heavy atom. The topological polar surface area (TPSA) is 9.23 Å². The molecule has 1 saturated carbocycles. The number of hydrogen-bond acceptors (Lipinski definition) is 1. The van der Waals surface area contributed by atoms with Crippen molar-refractivity contribution in [2.45, 2.75) is 64.4 Å². The Hall–Kier alpha value is -1.76. The number of halogens is 6. The zero-order valence-corrected chi connectivity index (χ0v) is 17.7. The summed E-state index contributed by atoms with van der Waals surface area (Å²) in [6, 6.07) is 1.68. The Morgan fingerprint density at radius 1 is 0.968 bits per heavy atom. The first-order chi connectivity index (χ1) is 14.4. The van der Waals surface area contributed by atoms with Crippen molar-refractivity contribution < 1.29 is 31.1 Å². The van der Waals surface area contributed by atoms with Gasteiger partial charge in [-0.2, -0.15) is 26.3 Å². The Morgan fingerprint density at radius 2 is 1.55 bits per heavy atom. The van der Waals surface area contributed by atoms with Gasteiger partial charge in [-0.15, -0.1) is 0 Å². The predicted molar refractivity (Wildman–Crippen MR) is 107 cm³/mol. The van der Waals surface area contributed by atoms with Crippen LogP contribution in [0.1, 0.15) is 68.7 Å². The molecular formula is C24H28F6O. The van der Waals surface area contributed by atoms with Crippen molar-refractivity contribution in [1.29, 1.82) is 0 Å². The van der Waals surface area contributed by atoms with Crippen LogP contribution in [0.3, 0.4) is 0 Å². The van der Waals surface area contributed by atoms with E-state index in [1.165, 1.54) is 6.92 Å². The van der Waals surface area contributed by atoms with Gasteiger partial charge in [-0.3, -0.25) is 0 Å². The standard InChI is InChI=1S/C24H28F6O/c1-16-8-10-22(11-9-16,19-6-4-3-5-7-19)15-31-17(2)18-12-20(23(25,26)27)14-21(13-18)24(28,29)30/h3-6,12-14,16-17,19H,7-11,15H2,1-2H3. The molecule has 0 radical (unpaired) electrons. The van der Waals surface area contributed by atoms with Gasteiger partial charge >= 0.3 is 12.4 Å². The Kier molecular flexibility index (Phi) is 6.94. The van der Waals surface area contributed by atoms with Crippen LogP contribution in [-0.4, -0.2) is 6.61 Å². The van der Waals surface area contributed by atoms with Crippen molar-refractivity contribution in [3.63, 3.8) is 0 Å². The molecule has 1 aromatic carbocycles. The molecule has 31 heavy (non-hydrogen) atoms. The lowest BCUT2D eigenvalue weighted by atomic mass is 9.62. The number of hydrogen-bond donors (Lipinski definition) is 0. The molecule has 1 aromatic rings. The zero-order chi connectivity index (χ0) is 22.9. The molecule has 0 bridgehead atoms. The maximum atomic E-state index is 13.2. The van der Waals surface area contributed by atoms with Crippen LogP contribution in [0.5, 0.6) is 0 Å². The maximum Gasteiger partial charge on any atom is 0.416 e. The molecule has 0 N–H and O–H groups in total. The molecule has 3 rings (SSSR count). The monoisotopic (exact) mass is 446 g/mol. The molecule has 0 spiro atoms. The highest BCUT2D eigenvalue weighted by molar-refractivity contribution is 5.34. The molecule has 1 nitrogen and oxygen atoms in total. The fourth-order valence-corrected chi connectivity index (χ4v) is 4.59. The molecule has 0 amide bonds. The lowest BCUT2D eigenvalue weighted by molar-refractivity contribution is -0.143. The van der Waals surface area contributed by atoms with Crippen LogP contribution in [0, 0.1) is 17.3 Å². The quantitative estimate of drug-likeness (QED) is 0.415. The van der Waals surface area contributed by atoms with Crippen LogP contribution in [0.2, 0.25) is 0 Å². The summed E-state index contributed by atoms with van der Waals surface area (Å²) in [5.41, 5.74) is -2.89. The Balaban J connectivity index is 1.83. The molecule has 2 unspecified atom stereocenters. The fourth-order valence-electron chi connectivity index (χ4n) is 4.59. The predicted octanol–water partition coefficient (Wildman–Crippen LogP) is 8.13. The second-order valence-corrected chi connectivity index (χ2v) is 8.99. The molecule has 0 saturated heterocycles. The van der Waals surface area contributed by atoms with Gasteiger partial charge in [0.25, 0.3) is 0 Å². The van der Waals surface area contributed by atoms with Crippen LogP contribution in [-0.2, 0) is 17.1 Å². The number of benzene rings is 1. The van der Waals surface area contributed by atoms with Crippen LogP contribution >= 0.6 is 0 Å². The first-order valence-corrected chi connectivity index (χ1v) is 10.6. The van der Waals surface area contributed by atoms with Crippen molar-refractivity contribution in [2.24, 2.45) is 17.3 Å². The van der Waals surface area contributed by atoms with Gasteiger partial charge in [0, 0.05) is 5.41 Å². The average molecular weight is 446 g/mol. The van der Waals surface area contributed by atoms with Gasteiger partial charge < -0.3 is 4.74 Å². The summed E-state index contributed by atoms with van der Waals surface area (Å²) in [4.78, 5) is 0. The van der Waals surface area contributed by atoms with Gasteiger partial charge in [-0.05, 0) is 61.8 Å². The largest absolute Gasteiger partial charge is 0.416 e. The summed E-state index contributed by atoms with van der Waals surface area (Å²) in [6.45, 7) is 4.03. The second kappa shape index (κ2) is 9.00. The van der Waals surface area contributed by atoms with E-state index in [-0.39, 0.29) is 23.0 Å². The number of alkyl halides is 6. The van der Waals surface area contributed by atoms with Gasteiger partial charge in [0.15, 0.2) is 0 Å². The number of rotatable bonds is 5. The molecule has 0 aliphatic heterocycles. The molecular weight excluding hydrogens is 418 g/mol. The van der Waals surface area contributed by atoms with Gasteiger partial charge in [0.2, 0.25) is 0 Å². The van der Waals surface area contributed by atoms with E-state index in [4.69, 9.17) is 4.74 Å². The minimum Gasteiger partial charge on any atom is -0.373 e. The molecule has 172 valence electrons. The zero-order valence-electron chi connectivity index (χ0n) is 17.7. The smallest absolute Gasteiger partial charge is 0.373 e. The third kappa shape index (κ3) is 5.73. The molecule has 0 aromatic heterocycles. The summed E-state index contributed by atoms with van der Waals surface area (Å²) in [7, 11) is 0. The summed E-state index contributed by atoms with van der Waals surface area (Å²) in [5.74, 6) is 0.857. The van der Waals surface area contributed by atoms with E-state index in [9.17, 15) is 26.3 Å². The van der Waals surface area contributed by atoms with E-state index in [1.54, 1.807) is 0 Å². The Bertz CT molecular complexity index is 780. The van der Waals surface area contributed by atoms with E-state index in [0.717, 1.165) is 44.2 Å². The van der Waals surface area contributed by atoms with Gasteiger partial charge in [-0.25, -0.2) is 0 Å². The summed E-state index contributed by atoms with van der Waals surface area (Å²) < 4.78 is 85.2. The minimum absolute atomic E-state index is 0.111. The van der Waals surface area contributed by atoms with Crippen molar-refractivity contribution >= 4 is 0 Å².